The lowest BCUT2D eigenvalue weighted by Crippen LogP contribution is -2.39. The van der Waals surface area contributed by atoms with Crippen LogP contribution in [0.3, 0.4) is 0 Å². The SMILES string of the molecule is CCCNC1CCN(CCOc2ccccc2)C1=O. The van der Waals surface area contributed by atoms with Crippen LogP contribution in [-0.2, 0) is 4.79 Å². The third-order valence-corrected chi connectivity index (χ3v) is 3.31. The molecule has 1 aliphatic rings. The zero-order chi connectivity index (χ0) is 13.5. The maximum absolute atomic E-state index is 12.1. The summed E-state index contributed by atoms with van der Waals surface area (Å²) < 4.78 is 5.62. The van der Waals surface area contributed by atoms with Gasteiger partial charge in [-0.3, -0.25) is 4.79 Å². The number of ether oxygens (including phenoxy) is 1. The van der Waals surface area contributed by atoms with E-state index < -0.39 is 0 Å². The Kier molecular flexibility index (Phi) is 5.21. The Balaban J connectivity index is 1.71. The first kappa shape index (κ1) is 13.9. The third kappa shape index (κ3) is 3.96. The summed E-state index contributed by atoms with van der Waals surface area (Å²) in [6.45, 7) is 5.06. The highest BCUT2D eigenvalue weighted by Crippen LogP contribution is 2.12. The lowest BCUT2D eigenvalue weighted by molar-refractivity contribution is -0.129. The van der Waals surface area contributed by atoms with Crippen LogP contribution in [0.1, 0.15) is 19.8 Å². The Morgan fingerprint density at radius 3 is 2.89 bits per heavy atom. The Morgan fingerprint density at radius 2 is 2.16 bits per heavy atom. The van der Waals surface area contributed by atoms with E-state index in [-0.39, 0.29) is 11.9 Å². The van der Waals surface area contributed by atoms with E-state index in [2.05, 4.69) is 12.2 Å². The molecule has 0 bridgehead atoms. The summed E-state index contributed by atoms with van der Waals surface area (Å²) in [6, 6.07) is 9.72. The standard InChI is InChI=1S/C15H22N2O2/c1-2-9-16-14-8-10-17(15(14)18)11-12-19-13-6-4-3-5-7-13/h3-7,14,16H,2,8-12H2,1H3. The average molecular weight is 262 g/mol. The van der Waals surface area contributed by atoms with Gasteiger partial charge in [-0.05, 0) is 31.5 Å². The highest BCUT2D eigenvalue weighted by atomic mass is 16.5. The van der Waals surface area contributed by atoms with E-state index in [1.54, 1.807) is 0 Å². The number of likely N-dealkylation sites (tertiary alicyclic amines) is 1. The Bertz CT molecular complexity index is 394. The van der Waals surface area contributed by atoms with Gasteiger partial charge in [-0.1, -0.05) is 25.1 Å². The fraction of sp³-hybridized carbons (Fsp3) is 0.533. The van der Waals surface area contributed by atoms with Crippen LogP contribution in [-0.4, -0.2) is 43.1 Å². The molecule has 0 aliphatic carbocycles. The maximum atomic E-state index is 12.1. The van der Waals surface area contributed by atoms with E-state index in [0.717, 1.165) is 31.7 Å². The molecule has 1 unspecified atom stereocenters. The Morgan fingerprint density at radius 1 is 1.37 bits per heavy atom. The summed E-state index contributed by atoms with van der Waals surface area (Å²) in [5.41, 5.74) is 0. The molecule has 19 heavy (non-hydrogen) atoms. The van der Waals surface area contributed by atoms with Gasteiger partial charge in [-0.2, -0.15) is 0 Å². The van der Waals surface area contributed by atoms with Crippen molar-refractivity contribution in [2.75, 3.05) is 26.2 Å². The zero-order valence-electron chi connectivity index (χ0n) is 11.5. The minimum atomic E-state index is 0.0108. The van der Waals surface area contributed by atoms with Crippen molar-refractivity contribution < 1.29 is 9.53 Å². The molecule has 1 amide bonds. The molecule has 2 rings (SSSR count). The second-order valence-corrected chi connectivity index (χ2v) is 4.78. The summed E-state index contributed by atoms with van der Waals surface area (Å²) in [5.74, 6) is 1.07. The second-order valence-electron chi connectivity index (χ2n) is 4.78. The molecule has 0 aromatic heterocycles. The molecule has 1 aliphatic heterocycles. The van der Waals surface area contributed by atoms with Gasteiger partial charge in [-0.15, -0.1) is 0 Å². The van der Waals surface area contributed by atoms with E-state index in [9.17, 15) is 4.79 Å². The molecule has 0 radical (unpaired) electrons. The number of hydrogen-bond donors (Lipinski definition) is 1. The first-order chi connectivity index (χ1) is 9.31. The van der Waals surface area contributed by atoms with E-state index in [0.29, 0.717) is 13.2 Å². The zero-order valence-corrected chi connectivity index (χ0v) is 11.5. The number of benzene rings is 1. The minimum absolute atomic E-state index is 0.0108. The summed E-state index contributed by atoms with van der Waals surface area (Å²) in [7, 11) is 0. The van der Waals surface area contributed by atoms with Crippen molar-refractivity contribution in [2.24, 2.45) is 0 Å². The van der Waals surface area contributed by atoms with Gasteiger partial charge in [0.25, 0.3) is 0 Å². The average Bonchev–Trinajstić information content (AvgIpc) is 2.79. The van der Waals surface area contributed by atoms with Gasteiger partial charge in [0.1, 0.15) is 12.4 Å². The van der Waals surface area contributed by atoms with Crippen molar-refractivity contribution in [3.8, 4) is 5.75 Å². The highest BCUT2D eigenvalue weighted by molar-refractivity contribution is 5.83. The first-order valence-corrected chi connectivity index (χ1v) is 7.01. The lowest BCUT2D eigenvalue weighted by Gasteiger charge is -2.17. The molecule has 0 spiro atoms. The molecule has 1 aromatic rings. The van der Waals surface area contributed by atoms with Crippen LogP contribution in [0, 0.1) is 0 Å². The molecule has 4 heteroatoms. The van der Waals surface area contributed by atoms with Crippen LogP contribution in [0.5, 0.6) is 5.75 Å². The summed E-state index contributed by atoms with van der Waals surface area (Å²) in [6.07, 6.45) is 1.96. The fourth-order valence-corrected chi connectivity index (χ4v) is 2.26. The topological polar surface area (TPSA) is 41.6 Å². The van der Waals surface area contributed by atoms with E-state index >= 15 is 0 Å². The molecular weight excluding hydrogens is 240 g/mol. The van der Waals surface area contributed by atoms with Crippen LogP contribution in [0.4, 0.5) is 0 Å². The molecule has 0 saturated carbocycles. The monoisotopic (exact) mass is 262 g/mol. The maximum Gasteiger partial charge on any atom is 0.239 e. The molecule has 104 valence electrons. The summed E-state index contributed by atoms with van der Waals surface area (Å²) in [4.78, 5) is 13.9. The summed E-state index contributed by atoms with van der Waals surface area (Å²) in [5, 5.41) is 3.29. The molecular formula is C15H22N2O2. The van der Waals surface area contributed by atoms with Gasteiger partial charge in [0, 0.05) is 6.54 Å². The minimum Gasteiger partial charge on any atom is -0.492 e. The molecule has 1 fully saturated rings. The van der Waals surface area contributed by atoms with Crippen molar-refractivity contribution in [2.45, 2.75) is 25.8 Å². The van der Waals surface area contributed by atoms with Crippen molar-refractivity contribution in [3.05, 3.63) is 30.3 Å². The van der Waals surface area contributed by atoms with Gasteiger partial charge in [0.2, 0.25) is 5.91 Å². The first-order valence-electron chi connectivity index (χ1n) is 7.01. The number of rotatable bonds is 7. The molecule has 1 heterocycles. The lowest BCUT2D eigenvalue weighted by atomic mass is 10.2. The smallest absolute Gasteiger partial charge is 0.239 e. The number of amides is 1. The van der Waals surface area contributed by atoms with Gasteiger partial charge in [0.05, 0.1) is 12.6 Å². The van der Waals surface area contributed by atoms with Crippen LogP contribution < -0.4 is 10.1 Å². The Hall–Kier alpha value is -1.55. The normalized spacial score (nSPS) is 18.9. The molecule has 1 saturated heterocycles. The number of nitrogens with zero attached hydrogens (tertiary/aromatic N) is 1. The summed E-state index contributed by atoms with van der Waals surface area (Å²) >= 11 is 0. The largest absolute Gasteiger partial charge is 0.492 e. The number of hydrogen-bond acceptors (Lipinski definition) is 3. The number of carbonyl (C=O) groups excluding carboxylic acids is 1. The van der Waals surface area contributed by atoms with E-state index in [4.69, 9.17) is 4.74 Å². The molecule has 1 aromatic carbocycles. The molecule has 1 N–H and O–H groups in total. The number of carbonyl (C=O) groups is 1. The van der Waals surface area contributed by atoms with Crippen molar-refractivity contribution in [1.82, 2.24) is 10.2 Å². The van der Waals surface area contributed by atoms with Gasteiger partial charge >= 0.3 is 0 Å². The van der Waals surface area contributed by atoms with E-state index in [1.165, 1.54) is 0 Å². The number of nitrogens with one attached hydrogen (secondary N) is 1. The highest BCUT2D eigenvalue weighted by Gasteiger charge is 2.30. The van der Waals surface area contributed by atoms with Gasteiger partial charge in [-0.25, -0.2) is 0 Å². The quantitative estimate of drug-likeness (QED) is 0.812. The predicted molar refractivity (Wildman–Crippen MR) is 75.2 cm³/mol. The van der Waals surface area contributed by atoms with Gasteiger partial charge < -0.3 is 15.0 Å². The van der Waals surface area contributed by atoms with Crippen molar-refractivity contribution in [3.63, 3.8) is 0 Å². The van der Waals surface area contributed by atoms with Crippen LogP contribution in [0.25, 0.3) is 0 Å². The van der Waals surface area contributed by atoms with Crippen LogP contribution in [0.2, 0.25) is 0 Å². The van der Waals surface area contributed by atoms with Crippen LogP contribution in [0.15, 0.2) is 30.3 Å². The fourth-order valence-electron chi connectivity index (χ4n) is 2.26. The van der Waals surface area contributed by atoms with Crippen molar-refractivity contribution in [1.29, 1.82) is 0 Å². The Labute approximate surface area is 114 Å². The molecule has 4 nitrogen and oxygen atoms in total. The van der Waals surface area contributed by atoms with E-state index in [1.807, 2.05) is 35.2 Å². The third-order valence-electron chi connectivity index (χ3n) is 3.31. The molecule has 1 atom stereocenters. The van der Waals surface area contributed by atoms with Crippen LogP contribution >= 0.6 is 0 Å². The predicted octanol–water partition coefficient (Wildman–Crippen LogP) is 1.67. The number of para-hydroxylation sites is 1. The van der Waals surface area contributed by atoms with Gasteiger partial charge in [0.15, 0.2) is 0 Å². The second kappa shape index (κ2) is 7.14. The van der Waals surface area contributed by atoms with Crippen molar-refractivity contribution >= 4 is 5.91 Å².